The molecular weight excluding hydrogens is 713 g/mol. The van der Waals surface area contributed by atoms with Gasteiger partial charge in [-0.05, 0) is 85.3 Å². The minimum absolute atomic E-state index is 0.168. The lowest BCUT2D eigenvalue weighted by Crippen LogP contribution is -2.46. The fourth-order valence-electron chi connectivity index (χ4n) is 7.08. The summed E-state index contributed by atoms with van der Waals surface area (Å²) in [5.41, 5.74) is 8.06. The van der Waals surface area contributed by atoms with Crippen molar-refractivity contribution in [1.29, 1.82) is 0 Å². The number of fused-ring (bicyclic) bond motifs is 1. The zero-order valence-corrected chi connectivity index (χ0v) is 31.8. The average Bonchev–Trinajstić information content (AvgIpc) is 3.58. The van der Waals surface area contributed by atoms with Gasteiger partial charge in [-0.25, -0.2) is 4.98 Å². The molecular formula is C44H41Cl2N7O. The third-order valence-corrected chi connectivity index (χ3v) is 10.5. The minimum atomic E-state index is -0.310. The van der Waals surface area contributed by atoms with Crippen LogP contribution in [-0.2, 0) is 0 Å². The van der Waals surface area contributed by atoms with Gasteiger partial charge in [0, 0.05) is 65.1 Å². The lowest BCUT2D eigenvalue weighted by Gasteiger charge is -2.38. The predicted octanol–water partition coefficient (Wildman–Crippen LogP) is 10.4. The van der Waals surface area contributed by atoms with Gasteiger partial charge in [0.05, 0.1) is 28.8 Å². The lowest BCUT2D eigenvalue weighted by molar-refractivity contribution is 0.102. The number of piperazine rings is 1. The van der Waals surface area contributed by atoms with E-state index in [1.807, 2.05) is 97.2 Å². The number of benzene rings is 3. The summed E-state index contributed by atoms with van der Waals surface area (Å²) in [6, 6.07) is 33.0. The number of nitrogens with zero attached hydrogens (tertiary/aromatic N) is 5. The first kappa shape index (κ1) is 36.5. The molecule has 1 fully saturated rings. The summed E-state index contributed by atoms with van der Waals surface area (Å²) in [4.78, 5) is 34.0. The summed E-state index contributed by atoms with van der Waals surface area (Å²) >= 11 is 12.8. The molecule has 0 aliphatic carbocycles. The molecule has 10 heteroatoms. The van der Waals surface area contributed by atoms with Gasteiger partial charge >= 0.3 is 0 Å². The molecule has 1 atom stereocenters. The Morgan fingerprint density at radius 2 is 1.59 bits per heavy atom. The number of aromatic amines is 1. The Labute approximate surface area is 326 Å². The maximum atomic E-state index is 14.7. The number of pyridine rings is 2. The van der Waals surface area contributed by atoms with Crippen molar-refractivity contribution in [3.05, 3.63) is 173 Å². The van der Waals surface area contributed by atoms with Crippen LogP contribution in [0.1, 0.15) is 52.8 Å². The molecule has 1 amide bonds. The number of allylic oxidation sites excluding steroid dienone is 1. The number of hydrogen-bond donors (Lipinski definition) is 2. The third kappa shape index (κ3) is 7.49. The number of amides is 1. The molecule has 4 heterocycles. The molecule has 0 bridgehead atoms. The van der Waals surface area contributed by atoms with Gasteiger partial charge in [0.2, 0.25) is 0 Å². The van der Waals surface area contributed by atoms with Gasteiger partial charge in [-0.3, -0.25) is 9.78 Å². The molecule has 0 saturated carbocycles. The summed E-state index contributed by atoms with van der Waals surface area (Å²) in [6.07, 6.45) is 5.35. The fraction of sp³-hybridized carbons (Fsp3) is 0.159. The maximum absolute atomic E-state index is 14.7. The zero-order chi connectivity index (χ0) is 37.8. The van der Waals surface area contributed by atoms with Crippen LogP contribution in [0.4, 0.5) is 11.5 Å². The van der Waals surface area contributed by atoms with Crippen LogP contribution in [0, 0.1) is 0 Å². The van der Waals surface area contributed by atoms with E-state index in [-0.39, 0.29) is 11.9 Å². The van der Waals surface area contributed by atoms with E-state index in [4.69, 9.17) is 28.2 Å². The number of hydrogen-bond acceptors (Lipinski definition) is 6. The van der Waals surface area contributed by atoms with Crippen LogP contribution in [0.25, 0.3) is 27.9 Å². The van der Waals surface area contributed by atoms with E-state index in [0.717, 1.165) is 63.3 Å². The number of halogens is 2. The van der Waals surface area contributed by atoms with E-state index >= 15 is 0 Å². The third-order valence-electron chi connectivity index (χ3n) is 9.97. The number of carbonyl (C=O) groups is 1. The Kier molecular flexibility index (Phi) is 10.9. The summed E-state index contributed by atoms with van der Waals surface area (Å²) in [6.45, 7) is 15.6. The molecule has 8 nitrogen and oxygen atoms in total. The van der Waals surface area contributed by atoms with E-state index in [2.05, 4.69) is 69.1 Å². The molecule has 7 rings (SSSR count). The zero-order valence-electron chi connectivity index (χ0n) is 30.3. The lowest BCUT2D eigenvalue weighted by atomic mass is 9.95. The molecule has 3 aromatic heterocycles. The molecule has 6 aromatic rings. The quantitative estimate of drug-likeness (QED) is 0.137. The summed E-state index contributed by atoms with van der Waals surface area (Å²) < 4.78 is 0. The number of aromatic nitrogens is 3. The van der Waals surface area contributed by atoms with Crippen molar-refractivity contribution >= 4 is 68.5 Å². The van der Waals surface area contributed by atoms with Crippen LogP contribution >= 0.6 is 23.2 Å². The monoisotopic (exact) mass is 753 g/mol. The minimum Gasteiger partial charge on any atom is -0.367 e. The molecule has 1 saturated heterocycles. The molecule has 1 unspecified atom stereocenters. The first-order chi connectivity index (χ1) is 26.2. The van der Waals surface area contributed by atoms with Crippen molar-refractivity contribution in [2.45, 2.75) is 19.9 Å². The van der Waals surface area contributed by atoms with E-state index in [0.29, 0.717) is 40.3 Å². The SMILES string of the molecule is C=CN(/C(=C(\C)c1ccccc1)c1c(C(=O)Nc2cccnc2N2CCN(C(=C)c3ccccn3)CC2)[nH]c2cc(Cl)ccc12)C(C)c1ccc(Cl)cc1. The van der Waals surface area contributed by atoms with Crippen LogP contribution in [0.2, 0.25) is 10.0 Å². The Morgan fingerprint density at radius 3 is 2.30 bits per heavy atom. The van der Waals surface area contributed by atoms with Crippen LogP contribution < -0.4 is 10.2 Å². The van der Waals surface area contributed by atoms with Gasteiger partial charge in [-0.2, -0.15) is 0 Å². The predicted molar refractivity (Wildman–Crippen MR) is 223 cm³/mol. The van der Waals surface area contributed by atoms with E-state index < -0.39 is 0 Å². The molecule has 1 aliphatic rings. The highest BCUT2D eigenvalue weighted by molar-refractivity contribution is 6.31. The van der Waals surface area contributed by atoms with Crippen molar-refractivity contribution in [2.24, 2.45) is 0 Å². The Hall–Kier alpha value is -5.83. The molecule has 0 spiro atoms. The second kappa shape index (κ2) is 16.0. The normalized spacial score (nSPS) is 14.0. The van der Waals surface area contributed by atoms with Gasteiger partial charge in [0.1, 0.15) is 5.69 Å². The van der Waals surface area contributed by atoms with E-state index in [1.54, 1.807) is 12.4 Å². The van der Waals surface area contributed by atoms with Crippen molar-refractivity contribution in [3.63, 3.8) is 0 Å². The largest absolute Gasteiger partial charge is 0.367 e. The van der Waals surface area contributed by atoms with E-state index in [1.165, 1.54) is 0 Å². The molecule has 0 radical (unpaired) electrons. The van der Waals surface area contributed by atoms with Crippen molar-refractivity contribution in [2.75, 3.05) is 36.4 Å². The topological polar surface area (TPSA) is 80.4 Å². The van der Waals surface area contributed by atoms with Crippen molar-refractivity contribution < 1.29 is 4.79 Å². The van der Waals surface area contributed by atoms with Crippen LogP contribution in [0.15, 0.2) is 135 Å². The van der Waals surface area contributed by atoms with Crippen molar-refractivity contribution in [3.8, 4) is 0 Å². The highest BCUT2D eigenvalue weighted by atomic mass is 35.5. The maximum Gasteiger partial charge on any atom is 0.272 e. The Bertz CT molecular complexity index is 2330. The number of nitrogens with one attached hydrogen (secondary N) is 2. The fourth-order valence-corrected chi connectivity index (χ4v) is 7.38. The first-order valence-corrected chi connectivity index (χ1v) is 18.6. The van der Waals surface area contributed by atoms with Crippen LogP contribution in [0.5, 0.6) is 0 Å². The Morgan fingerprint density at radius 1 is 0.889 bits per heavy atom. The summed E-state index contributed by atoms with van der Waals surface area (Å²) in [7, 11) is 0. The first-order valence-electron chi connectivity index (χ1n) is 17.8. The average molecular weight is 755 g/mol. The van der Waals surface area contributed by atoms with E-state index in [9.17, 15) is 4.79 Å². The van der Waals surface area contributed by atoms with Gasteiger partial charge < -0.3 is 25.0 Å². The number of rotatable bonds is 11. The number of anilines is 2. The Balaban J connectivity index is 1.27. The van der Waals surface area contributed by atoms with Crippen LogP contribution in [-0.4, -0.2) is 56.8 Å². The molecule has 1 aliphatic heterocycles. The second-order valence-corrected chi connectivity index (χ2v) is 14.1. The molecule has 2 N–H and O–H groups in total. The highest BCUT2D eigenvalue weighted by Crippen LogP contribution is 2.41. The molecule has 272 valence electrons. The second-order valence-electron chi connectivity index (χ2n) is 13.2. The smallest absolute Gasteiger partial charge is 0.272 e. The van der Waals surface area contributed by atoms with Gasteiger partial charge in [0.25, 0.3) is 5.91 Å². The number of H-pyrrole nitrogens is 1. The van der Waals surface area contributed by atoms with Gasteiger partial charge in [0.15, 0.2) is 5.82 Å². The molecule has 54 heavy (non-hydrogen) atoms. The highest BCUT2D eigenvalue weighted by Gasteiger charge is 2.30. The van der Waals surface area contributed by atoms with Gasteiger partial charge in [-0.15, -0.1) is 0 Å². The number of carbonyl (C=O) groups excluding carboxylic acids is 1. The molecule has 3 aromatic carbocycles. The summed E-state index contributed by atoms with van der Waals surface area (Å²) in [5.74, 6) is 0.394. The summed E-state index contributed by atoms with van der Waals surface area (Å²) in [5, 5.41) is 5.29. The standard InChI is InChI=1S/C44H41Cl2N7O/c1-5-53(30(3)33-16-18-34(45)19-17-33)42(29(2)32-12-7-6-8-13-32)40-36-21-20-35(46)28-39(36)49-41(40)44(54)50-38-15-11-23-48-43(38)52-26-24-51(25-27-52)31(4)37-14-9-10-22-47-37/h5-23,28,30,49H,1,4,24-27H2,2-3H3,(H,50,54)/b42-29+. The van der Waals surface area contributed by atoms with Gasteiger partial charge in [-0.1, -0.05) is 91.0 Å². The van der Waals surface area contributed by atoms with Crippen molar-refractivity contribution in [1.82, 2.24) is 24.8 Å². The van der Waals surface area contributed by atoms with Crippen LogP contribution in [0.3, 0.4) is 0 Å².